The molecule has 0 amide bonds. The molecular formula is C6H11N5O4Y-2. The van der Waals surface area contributed by atoms with Crippen LogP contribution in [-0.4, -0.2) is 29.7 Å². The molecule has 1 atom stereocenters. The van der Waals surface area contributed by atoms with Crippen LogP contribution in [0.15, 0.2) is 0 Å². The summed E-state index contributed by atoms with van der Waals surface area (Å²) in [5.74, 6) is -0.758. The van der Waals surface area contributed by atoms with Gasteiger partial charge in [0, 0.05) is 32.7 Å². The molecule has 2 fully saturated rings. The predicted molar refractivity (Wildman–Crippen MR) is 47.7 cm³/mol. The Kier molecular flexibility index (Phi) is 5.37. The van der Waals surface area contributed by atoms with Crippen molar-refractivity contribution in [3.05, 3.63) is 23.7 Å². The molecular weight excluding hydrogens is 295 g/mol. The summed E-state index contributed by atoms with van der Waals surface area (Å²) in [6, 6.07) is -1.23. The Bertz CT molecular complexity index is 293. The third-order valence-corrected chi connectivity index (χ3v) is 2.19. The van der Waals surface area contributed by atoms with Crippen LogP contribution in [0, 0.1) is 23.7 Å². The van der Waals surface area contributed by atoms with E-state index < -0.39 is 22.6 Å². The molecule has 10 heteroatoms. The molecule has 0 spiro atoms. The van der Waals surface area contributed by atoms with Crippen LogP contribution in [0.5, 0.6) is 0 Å². The molecule has 2 bridgehead atoms. The van der Waals surface area contributed by atoms with E-state index in [1.807, 2.05) is 0 Å². The van der Waals surface area contributed by atoms with Gasteiger partial charge in [-0.15, -0.1) is 0 Å². The summed E-state index contributed by atoms with van der Waals surface area (Å²) in [5, 5.41) is 10.7. The van der Waals surface area contributed by atoms with Crippen LogP contribution in [0.3, 0.4) is 0 Å². The molecule has 2 aliphatic rings. The molecule has 2 rings (SSSR count). The number of nitrogens with zero attached hydrogens (tertiary/aromatic N) is 1. The van der Waals surface area contributed by atoms with E-state index in [0.717, 1.165) is 7.11 Å². The Labute approximate surface area is 117 Å². The number of fused-ring (bicyclic) bond motifs is 2. The van der Waals surface area contributed by atoms with Crippen molar-refractivity contribution in [2.45, 2.75) is 11.7 Å². The second-order valence-corrected chi connectivity index (χ2v) is 2.90. The van der Waals surface area contributed by atoms with Crippen molar-refractivity contribution in [2.75, 3.05) is 7.11 Å². The third-order valence-electron chi connectivity index (χ3n) is 2.19. The number of ether oxygens (including phenoxy) is 1. The van der Waals surface area contributed by atoms with Crippen molar-refractivity contribution in [1.29, 1.82) is 0 Å². The average molecular weight is 306 g/mol. The maximum Gasteiger partial charge on any atom is 0.347 e. The average Bonchev–Trinajstić information content (AvgIpc) is 2.72. The van der Waals surface area contributed by atoms with Crippen LogP contribution in [0.1, 0.15) is 0 Å². The first kappa shape index (κ1) is 15.8. The first-order valence-corrected chi connectivity index (χ1v) is 3.77. The van der Waals surface area contributed by atoms with Crippen molar-refractivity contribution in [3.8, 4) is 0 Å². The fourth-order valence-corrected chi connectivity index (χ4v) is 1.52. The van der Waals surface area contributed by atoms with E-state index in [1.165, 1.54) is 0 Å². The SMILES string of the molecule is COC(=O)C12NN[C-](NN1)C2[N+](=O)[O-].[CH3-].[Y]. The van der Waals surface area contributed by atoms with Gasteiger partial charge in [0.15, 0.2) is 6.04 Å². The van der Waals surface area contributed by atoms with Gasteiger partial charge in [-0.2, -0.15) is 0 Å². The maximum absolute atomic E-state index is 11.4. The first-order chi connectivity index (χ1) is 6.62. The van der Waals surface area contributed by atoms with Crippen LogP contribution in [-0.2, 0) is 42.2 Å². The second-order valence-electron chi connectivity index (χ2n) is 2.90. The van der Waals surface area contributed by atoms with Gasteiger partial charge >= 0.3 is 5.97 Å². The van der Waals surface area contributed by atoms with E-state index in [9.17, 15) is 14.9 Å². The minimum atomic E-state index is -1.56. The minimum absolute atomic E-state index is 0. The quantitative estimate of drug-likeness (QED) is 0.194. The number of rotatable bonds is 2. The number of carbonyl (C=O) groups excluding carboxylic acids is 1. The molecule has 9 nitrogen and oxygen atoms in total. The van der Waals surface area contributed by atoms with Gasteiger partial charge in [-0.05, 0) is 4.92 Å². The number of carbonyl (C=O) groups is 1. The van der Waals surface area contributed by atoms with Crippen molar-refractivity contribution < 1.29 is 47.2 Å². The van der Waals surface area contributed by atoms with Crippen molar-refractivity contribution in [3.63, 3.8) is 0 Å². The molecule has 2 aliphatic heterocycles. The molecule has 0 saturated carbocycles. The monoisotopic (exact) mass is 306 g/mol. The Morgan fingerprint density at radius 2 is 2.00 bits per heavy atom. The molecule has 16 heavy (non-hydrogen) atoms. The number of methoxy groups -OCH3 is 1. The van der Waals surface area contributed by atoms with Gasteiger partial charge in [-0.1, -0.05) is 6.17 Å². The summed E-state index contributed by atoms with van der Waals surface area (Å²) in [4.78, 5) is 21.5. The molecule has 2 saturated heterocycles. The summed E-state index contributed by atoms with van der Waals surface area (Å²) >= 11 is 0. The van der Waals surface area contributed by atoms with Crippen molar-refractivity contribution >= 4 is 5.97 Å². The maximum atomic E-state index is 11.4. The predicted octanol–water partition coefficient (Wildman–Crippen LogP) is -2.35. The zero-order valence-corrected chi connectivity index (χ0v) is 11.6. The molecule has 1 unspecified atom stereocenters. The Morgan fingerprint density at radius 3 is 2.38 bits per heavy atom. The van der Waals surface area contributed by atoms with Gasteiger partial charge in [0.1, 0.15) is 0 Å². The van der Waals surface area contributed by atoms with E-state index in [1.54, 1.807) is 0 Å². The Balaban J connectivity index is 0.00000112. The molecule has 1 radical (unpaired) electrons. The molecule has 89 valence electrons. The fourth-order valence-electron chi connectivity index (χ4n) is 1.52. The second kappa shape index (κ2) is 5.43. The number of esters is 1. The van der Waals surface area contributed by atoms with Gasteiger partial charge in [0.05, 0.1) is 7.11 Å². The van der Waals surface area contributed by atoms with Crippen molar-refractivity contribution in [2.24, 2.45) is 0 Å². The summed E-state index contributed by atoms with van der Waals surface area (Å²) in [6.45, 7) is 0. The summed E-state index contributed by atoms with van der Waals surface area (Å²) in [5.41, 5.74) is 8.38. The van der Waals surface area contributed by atoms with Gasteiger partial charge in [-0.3, -0.25) is 21.0 Å². The standard InChI is InChI=1S/C5H8N5O4.CH3.Y/c1-14-4(11)5-2(10(12)13)3(6-8-5)7-9-5;;/h2,6-9H,1H3;1H3;/q2*-1;. The van der Waals surface area contributed by atoms with Crippen LogP contribution in [0.4, 0.5) is 0 Å². The van der Waals surface area contributed by atoms with Gasteiger partial charge < -0.3 is 23.0 Å². The smallest absolute Gasteiger partial charge is 0.347 e. The van der Waals surface area contributed by atoms with E-state index >= 15 is 0 Å². The van der Waals surface area contributed by atoms with Crippen LogP contribution in [0.2, 0.25) is 0 Å². The first-order valence-electron chi connectivity index (χ1n) is 3.77. The number of nitrogens with one attached hydrogen (secondary N) is 4. The number of nitro groups is 1. The minimum Gasteiger partial charge on any atom is -0.466 e. The third kappa shape index (κ3) is 1.98. The Hall–Kier alpha value is -0.186. The number of hydrogen-bond acceptors (Lipinski definition) is 8. The normalized spacial score (nSPS) is 31.4. The fraction of sp³-hybridized carbons (Fsp3) is 0.500. The summed E-state index contributed by atoms with van der Waals surface area (Å²) in [6.07, 6.45) is 0.195. The van der Waals surface area contributed by atoms with Gasteiger partial charge in [0.25, 0.3) is 0 Å². The van der Waals surface area contributed by atoms with E-state index in [0.29, 0.717) is 0 Å². The Morgan fingerprint density at radius 1 is 1.50 bits per heavy atom. The van der Waals surface area contributed by atoms with Gasteiger partial charge in [0.2, 0.25) is 5.66 Å². The van der Waals surface area contributed by atoms with E-state index in [-0.39, 0.29) is 46.3 Å². The largest absolute Gasteiger partial charge is 0.466 e. The topological polar surface area (TPSA) is 118 Å². The van der Waals surface area contributed by atoms with Gasteiger partial charge in [-0.25, -0.2) is 4.79 Å². The van der Waals surface area contributed by atoms with Crippen LogP contribution < -0.4 is 21.7 Å². The molecule has 0 aromatic rings. The zero-order valence-electron chi connectivity index (χ0n) is 8.73. The molecule has 0 aromatic carbocycles. The van der Waals surface area contributed by atoms with E-state index in [4.69, 9.17) is 0 Å². The summed E-state index contributed by atoms with van der Waals surface area (Å²) in [7, 11) is 1.16. The number of hydrazine groups is 2. The van der Waals surface area contributed by atoms with Crippen molar-refractivity contribution in [1.82, 2.24) is 21.7 Å². The number of hydrogen-bond donors (Lipinski definition) is 4. The van der Waals surface area contributed by atoms with E-state index in [2.05, 4.69) is 26.4 Å². The molecule has 4 N–H and O–H groups in total. The molecule has 0 aromatic heterocycles. The molecule has 2 heterocycles. The molecule has 0 aliphatic carbocycles. The van der Waals surface area contributed by atoms with Crippen LogP contribution in [0.25, 0.3) is 0 Å². The zero-order chi connectivity index (χ0) is 10.3. The summed E-state index contributed by atoms with van der Waals surface area (Å²) < 4.78 is 4.47. The van der Waals surface area contributed by atoms with Crippen LogP contribution >= 0.6 is 0 Å².